The number of amides is 1. The van der Waals surface area contributed by atoms with Gasteiger partial charge in [-0.25, -0.2) is 0 Å². The van der Waals surface area contributed by atoms with Gasteiger partial charge < -0.3 is 15.0 Å². The van der Waals surface area contributed by atoms with Crippen molar-refractivity contribution in [2.75, 3.05) is 25.1 Å². The number of hydrogen-bond acceptors (Lipinski definition) is 6. The van der Waals surface area contributed by atoms with Crippen molar-refractivity contribution in [1.29, 1.82) is 0 Å². The summed E-state index contributed by atoms with van der Waals surface area (Å²) in [6, 6.07) is 4.85. The summed E-state index contributed by atoms with van der Waals surface area (Å²) in [6.07, 6.45) is -2.51. The second-order valence-electron chi connectivity index (χ2n) is 6.38. The molecule has 1 aromatic heterocycles. The van der Waals surface area contributed by atoms with Gasteiger partial charge in [-0.1, -0.05) is 18.2 Å². The SMILES string of the molecule is COc1nc(CNC(=O)Cc2cccc(C(F)(F)F)c2)nc(N2CCCC2)n1. The molecule has 0 spiro atoms. The zero-order chi connectivity index (χ0) is 20.1. The molecule has 2 heterocycles. The number of halogens is 3. The standard InChI is InChI=1S/C18H20F3N5O2/c1-28-17-24-14(23-16(25-17)26-7-2-3-8-26)11-22-15(27)10-12-5-4-6-13(9-12)18(19,20)21/h4-6,9H,2-3,7-8,10-11H2,1H3,(H,22,27). The van der Waals surface area contributed by atoms with Gasteiger partial charge in [-0.3, -0.25) is 4.79 Å². The molecule has 0 atom stereocenters. The number of nitrogens with one attached hydrogen (secondary N) is 1. The van der Waals surface area contributed by atoms with Gasteiger partial charge in [-0.05, 0) is 24.5 Å². The lowest BCUT2D eigenvalue weighted by Crippen LogP contribution is -2.27. The zero-order valence-electron chi connectivity index (χ0n) is 15.3. The number of benzene rings is 1. The Hall–Kier alpha value is -2.91. The second-order valence-corrected chi connectivity index (χ2v) is 6.38. The minimum absolute atomic E-state index is 0.0253. The molecule has 150 valence electrons. The Morgan fingerprint density at radius 1 is 1.21 bits per heavy atom. The van der Waals surface area contributed by atoms with Crippen molar-refractivity contribution in [3.05, 3.63) is 41.2 Å². The summed E-state index contributed by atoms with van der Waals surface area (Å²) in [7, 11) is 1.44. The van der Waals surface area contributed by atoms with E-state index in [0.717, 1.165) is 38.1 Å². The monoisotopic (exact) mass is 395 g/mol. The van der Waals surface area contributed by atoms with Crippen LogP contribution in [0.4, 0.5) is 19.1 Å². The van der Waals surface area contributed by atoms with Gasteiger partial charge in [0.05, 0.1) is 25.6 Å². The van der Waals surface area contributed by atoms with E-state index in [1.807, 2.05) is 4.90 Å². The number of hydrogen-bond donors (Lipinski definition) is 1. The summed E-state index contributed by atoms with van der Waals surface area (Å²) in [5, 5.41) is 2.63. The molecular formula is C18H20F3N5O2. The van der Waals surface area contributed by atoms with Crippen molar-refractivity contribution < 1.29 is 22.7 Å². The van der Waals surface area contributed by atoms with Crippen LogP contribution in [0.25, 0.3) is 0 Å². The molecule has 2 aromatic rings. The predicted molar refractivity (Wildman–Crippen MR) is 94.8 cm³/mol. The third kappa shape index (κ3) is 5.08. The highest BCUT2D eigenvalue weighted by molar-refractivity contribution is 5.78. The number of rotatable bonds is 6. The summed E-state index contributed by atoms with van der Waals surface area (Å²) >= 11 is 0. The van der Waals surface area contributed by atoms with Crippen LogP contribution in [0.1, 0.15) is 29.8 Å². The zero-order valence-corrected chi connectivity index (χ0v) is 15.3. The lowest BCUT2D eigenvalue weighted by Gasteiger charge is -2.16. The molecule has 0 aliphatic carbocycles. The highest BCUT2D eigenvalue weighted by atomic mass is 19.4. The Bertz CT molecular complexity index is 838. The Labute approximate surface area is 160 Å². The van der Waals surface area contributed by atoms with Crippen molar-refractivity contribution in [2.45, 2.75) is 32.0 Å². The van der Waals surface area contributed by atoms with Gasteiger partial charge in [0.15, 0.2) is 5.82 Å². The molecule has 1 aromatic carbocycles. The minimum atomic E-state index is -4.44. The molecule has 28 heavy (non-hydrogen) atoms. The molecule has 0 radical (unpaired) electrons. The first-order valence-electron chi connectivity index (χ1n) is 8.82. The molecule has 1 saturated heterocycles. The van der Waals surface area contributed by atoms with Crippen molar-refractivity contribution in [2.24, 2.45) is 0 Å². The van der Waals surface area contributed by atoms with Crippen molar-refractivity contribution in [3.63, 3.8) is 0 Å². The molecule has 1 amide bonds. The van der Waals surface area contributed by atoms with E-state index in [1.54, 1.807) is 0 Å². The van der Waals surface area contributed by atoms with Crippen LogP contribution in [0.2, 0.25) is 0 Å². The van der Waals surface area contributed by atoms with Crippen LogP contribution in [-0.2, 0) is 23.9 Å². The van der Waals surface area contributed by atoms with Crippen molar-refractivity contribution in [3.8, 4) is 6.01 Å². The van der Waals surface area contributed by atoms with E-state index in [4.69, 9.17) is 4.74 Å². The van der Waals surface area contributed by atoms with Crippen LogP contribution < -0.4 is 15.0 Å². The van der Waals surface area contributed by atoms with E-state index in [1.165, 1.54) is 19.2 Å². The van der Waals surface area contributed by atoms with E-state index < -0.39 is 17.6 Å². The Balaban J connectivity index is 1.63. The number of nitrogens with zero attached hydrogens (tertiary/aromatic N) is 4. The maximum atomic E-state index is 12.8. The summed E-state index contributed by atoms with van der Waals surface area (Å²) in [4.78, 5) is 26.8. The molecule has 1 aliphatic rings. The number of carbonyl (C=O) groups is 1. The van der Waals surface area contributed by atoms with E-state index >= 15 is 0 Å². The van der Waals surface area contributed by atoms with Crippen LogP contribution in [0.3, 0.4) is 0 Å². The van der Waals surface area contributed by atoms with Crippen LogP contribution in [0.15, 0.2) is 24.3 Å². The normalized spacial score (nSPS) is 14.2. The second kappa shape index (κ2) is 8.41. The molecule has 0 saturated carbocycles. The lowest BCUT2D eigenvalue weighted by atomic mass is 10.1. The maximum absolute atomic E-state index is 12.8. The molecule has 1 N–H and O–H groups in total. The fourth-order valence-corrected chi connectivity index (χ4v) is 2.90. The van der Waals surface area contributed by atoms with Crippen molar-refractivity contribution in [1.82, 2.24) is 20.3 Å². The minimum Gasteiger partial charge on any atom is -0.467 e. The number of carbonyl (C=O) groups excluding carboxylic acids is 1. The van der Waals surface area contributed by atoms with Gasteiger partial charge in [0, 0.05) is 13.1 Å². The third-order valence-electron chi connectivity index (χ3n) is 4.28. The van der Waals surface area contributed by atoms with Gasteiger partial charge in [0.25, 0.3) is 0 Å². The molecule has 0 bridgehead atoms. The Kier molecular flexibility index (Phi) is 5.96. The first kappa shape index (κ1) is 19.8. The fraction of sp³-hybridized carbons (Fsp3) is 0.444. The van der Waals surface area contributed by atoms with E-state index in [2.05, 4.69) is 20.3 Å². The number of methoxy groups -OCH3 is 1. The first-order chi connectivity index (χ1) is 13.3. The Morgan fingerprint density at radius 2 is 1.96 bits per heavy atom. The molecular weight excluding hydrogens is 375 g/mol. The average Bonchev–Trinajstić information content (AvgIpc) is 3.20. The fourth-order valence-electron chi connectivity index (χ4n) is 2.90. The number of aromatic nitrogens is 3. The van der Waals surface area contributed by atoms with Crippen LogP contribution in [0, 0.1) is 0 Å². The quantitative estimate of drug-likeness (QED) is 0.809. The summed E-state index contributed by atoms with van der Waals surface area (Å²) in [6.45, 7) is 1.71. The molecule has 0 unspecified atom stereocenters. The third-order valence-corrected chi connectivity index (χ3v) is 4.28. The average molecular weight is 395 g/mol. The number of anilines is 1. The van der Waals surface area contributed by atoms with Crippen molar-refractivity contribution >= 4 is 11.9 Å². The van der Waals surface area contributed by atoms with Crippen LogP contribution in [-0.4, -0.2) is 41.1 Å². The van der Waals surface area contributed by atoms with E-state index in [9.17, 15) is 18.0 Å². The van der Waals surface area contributed by atoms with Crippen LogP contribution >= 0.6 is 0 Å². The van der Waals surface area contributed by atoms with Gasteiger partial charge >= 0.3 is 12.2 Å². The maximum Gasteiger partial charge on any atom is 0.416 e. The molecule has 10 heteroatoms. The van der Waals surface area contributed by atoms with Gasteiger partial charge in [0.2, 0.25) is 11.9 Å². The first-order valence-corrected chi connectivity index (χ1v) is 8.82. The van der Waals surface area contributed by atoms with E-state index in [0.29, 0.717) is 11.8 Å². The lowest BCUT2D eigenvalue weighted by molar-refractivity contribution is -0.137. The Morgan fingerprint density at radius 3 is 2.64 bits per heavy atom. The van der Waals surface area contributed by atoms with Gasteiger partial charge in [-0.15, -0.1) is 0 Å². The van der Waals surface area contributed by atoms with Crippen LogP contribution in [0.5, 0.6) is 6.01 Å². The summed E-state index contributed by atoms with van der Waals surface area (Å²) in [5.74, 6) is 0.388. The molecule has 1 aliphatic heterocycles. The number of ether oxygens (including phenoxy) is 1. The smallest absolute Gasteiger partial charge is 0.416 e. The molecule has 3 rings (SSSR count). The topological polar surface area (TPSA) is 80.2 Å². The van der Waals surface area contributed by atoms with Gasteiger partial charge in [-0.2, -0.15) is 28.1 Å². The largest absolute Gasteiger partial charge is 0.467 e. The van der Waals surface area contributed by atoms with E-state index in [-0.39, 0.29) is 24.5 Å². The molecule has 1 fully saturated rings. The highest BCUT2D eigenvalue weighted by Crippen LogP contribution is 2.29. The molecule has 7 nitrogen and oxygen atoms in total. The van der Waals surface area contributed by atoms with Gasteiger partial charge in [0.1, 0.15) is 0 Å². The summed E-state index contributed by atoms with van der Waals surface area (Å²) < 4.78 is 43.4. The predicted octanol–water partition coefficient (Wildman–Crippen LogP) is 2.36. The number of alkyl halides is 3. The summed E-state index contributed by atoms with van der Waals surface area (Å²) in [5.41, 5.74) is -0.506. The highest BCUT2D eigenvalue weighted by Gasteiger charge is 2.30.